The number of amides is 1. The second kappa shape index (κ2) is 7.88. The molecule has 0 unspecified atom stereocenters. The second-order valence-corrected chi connectivity index (χ2v) is 4.62. The highest BCUT2D eigenvalue weighted by molar-refractivity contribution is 5.82. The molecule has 0 aliphatic rings. The average Bonchev–Trinajstić information content (AvgIpc) is 2.39. The summed E-state index contributed by atoms with van der Waals surface area (Å²) in [5.74, 6) is 0.0718. The fourth-order valence-corrected chi connectivity index (χ4v) is 2.06. The minimum atomic E-state index is -0.425. The fourth-order valence-electron chi connectivity index (χ4n) is 2.06. The molecule has 18 heavy (non-hydrogen) atoms. The Morgan fingerprint density at radius 1 is 1.17 bits per heavy atom. The molecule has 1 aromatic rings. The van der Waals surface area contributed by atoms with E-state index in [4.69, 9.17) is 5.73 Å². The molecule has 0 aromatic heterocycles. The highest BCUT2D eigenvalue weighted by Crippen LogP contribution is 2.05. The minimum Gasteiger partial charge on any atom is -0.341 e. The van der Waals surface area contributed by atoms with Gasteiger partial charge in [0, 0.05) is 13.1 Å². The maximum Gasteiger partial charge on any atom is 0.239 e. The number of nitrogens with zero attached hydrogens (tertiary/aromatic N) is 1. The van der Waals surface area contributed by atoms with Gasteiger partial charge in [0.15, 0.2) is 0 Å². The Morgan fingerprint density at radius 2 is 1.72 bits per heavy atom. The lowest BCUT2D eigenvalue weighted by Crippen LogP contribution is -2.45. The van der Waals surface area contributed by atoms with Crippen molar-refractivity contribution in [3.8, 4) is 0 Å². The average molecular weight is 248 g/mol. The highest BCUT2D eigenvalue weighted by atomic mass is 16.2. The van der Waals surface area contributed by atoms with Crippen molar-refractivity contribution in [1.29, 1.82) is 0 Å². The molecule has 1 rings (SSSR count). The van der Waals surface area contributed by atoms with Crippen molar-refractivity contribution in [1.82, 2.24) is 4.90 Å². The third-order valence-electron chi connectivity index (χ3n) is 2.91. The van der Waals surface area contributed by atoms with Gasteiger partial charge in [-0.3, -0.25) is 4.79 Å². The Labute approximate surface area is 110 Å². The molecule has 3 heteroatoms. The molecule has 0 aliphatic heterocycles. The van der Waals surface area contributed by atoms with E-state index < -0.39 is 6.04 Å². The van der Waals surface area contributed by atoms with Crippen LogP contribution in [-0.4, -0.2) is 29.9 Å². The summed E-state index contributed by atoms with van der Waals surface area (Å²) in [6, 6.07) is 9.52. The van der Waals surface area contributed by atoms with Crippen LogP contribution in [-0.2, 0) is 11.2 Å². The van der Waals surface area contributed by atoms with Gasteiger partial charge in [0.1, 0.15) is 0 Å². The summed E-state index contributed by atoms with van der Waals surface area (Å²) >= 11 is 0. The van der Waals surface area contributed by atoms with E-state index in [2.05, 4.69) is 13.8 Å². The Kier molecular flexibility index (Phi) is 6.44. The van der Waals surface area contributed by atoms with Gasteiger partial charge in [0.2, 0.25) is 5.91 Å². The summed E-state index contributed by atoms with van der Waals surface area (Å²) in [5.41, 5.74) is 7.14. The van der Waals surface area contributed by atoms with Crippen molar-refractivity contribution < 1.29 is 4.79 Å². The van der Waals surface area contributed by atoms with Crippen molar-refractivity contribution in [2.75, 3.05) is 13.1 Å². The number of carbonyl (C=O) groups is 1. The van der Waals surface area contributed by atoms with Crippen LogP contribution in [0.1, 0.15) is 32.3 Å². The molecule has 0 fully saturated rings. The fraction of sp³-hybridized carbons (Fsp3) is 0.533. The Bertz CT molecular complexity index is 345. The molecule has 0 heterocycles. The molecule has 0 bridgehead atoms. The molecular formula is C15H24N2O. The summed E-state index contributed by atoms with van der Waals surface area (Å²) in [6.07, 6.45) is 2.57. The smallest absolute Gasteiger partial charge is 0.239 e. The van der Waals surface area contributed by atoms with Crippen LogP contribution in [0.5, 0.6) is 0 Å². The monoisotopic (exact) mass is 248 g/mol. The van der Waals surface area contributed by atoms with E-state index in [0.717, 1.165) is 31.5 Å². The van der Waals surface area contributed by atoms with E-state index in [1.54, 1.807) is 0 Å². The third-order valence-corrected chi connectivity index (χ3v) is 2.91. The molecule has 0 saturated carbocycles. The maximum atomic E-state index is 12.2. The van der Waals surface area contributed by atoms with Crippen LogP contribution in [0, 0.1) is 0 Å². The topological polar surface area (TPSA) is 46.3 Å². The van der Waals surface area contributed by atoms with Crippen LogP contribution in [0.4, 0.5) is 0 Å². The van der Waals surface area contributed by atoms with Crippen LogP contribution in [0.25, 0.3) is 0 Å². The Morgan fingerprint density at radius 3 is 2.22 bits per heavy atom. The quantitative estimate of drug-likeness (QED) is 0.804. The van der Waals surface area contributed by atoms with Crippen LogP contribution >= 0.6 is 0 Å². The molecule has 0 aliphatic carbocycles. The van der Waals surface area contributed by atoms with Crippen LogP contribution in [0.15, 0.2) is 30.3 Å². The van der Waals surface area contributed by atoms with Crippen LogP contribution in [0.2, 0.25) is 0 Å². The van der Waals surface area contributed by atoms with Crippen LogP contribution < -0.4 is 5.73 Å². The molecule has 1 amide bonds. The predicted octanol–water partition coefficient (Wildman–Crippen LogP) is 2.21. The number of benzene rings is 1. The van der Waals surface area contributed by atoms with Crippen molar-refractivity contribution in [3.05, 3.63) is 35.9 Å². The van der Waals surface area contributed by atoms with Gasteiger partial charge in [-0.2, -0.15) is 0 Å². The molecule has 2 N–H and O–H groups in total. The van der Waals surface area contributed by atoms with Crippen molar-refractivity contribution in [3.63, 3.8) is 0 Å². The Hall–Kier alpha value is -1.35. The molecule has 1 aromatic carbocycles. The largest absolute Gasteiger partial charge is 0.341 e. The SMILES string of the molecule is CCCN(CCC)C(=O)[C@@H](N)Cc1ccccc1. The first-order valence-corrected chi connectivity index (χ1v) is 6.77. The van der Waals surface area contributed by atoms with Crippen molar-refractivity contribution in [2.24, 2.45) is 5.73 Å². The lowest BCUT2D eigenvalue weighted by Gasteiger charge is -2.25. The molecule has 0 saturated heterocycles. The summed E-state index contributed by atoms with van der Waals surface area (Å²) < 4.78 is 0. The van der Waals surface area contributed by atoms with Gasteiger partial charge in [0.25, 0.3) is 0 Å². The summed E-state index contributed by atoms with van der Waals surface area (Å²) in [4.78, 5) is 14.1. The van der Waals surface area contributed by atoms with E-state index in [9.17, 15) is 4.79 Å². The number of nitrogens with two attached hydrogens (primary N) is 1. The van der Waals surface area contributed by atoms with E-state index in [-0.39, 0.29) is 5.91 Å². The first kappa shape index (κ1) is 14.7. The number of rotatable bonds is 7. The molecule has 1 atom stereocenters. The van der Waals surface area contributed by atoms with E-state index >= 15 is 0 Å². The van der Waals surface area contributed by atoms with Gasteiger partial charge in [-0.25, -0.2) is 0 Å². The van der Waals surface area contributed by atoms with Gasteiger partial charge in [-0.1, -0.05) is 44.2 Å². The van der Waals surface area contributed by atoms with Gasteiger partial charge in [-0.15, -0.1) is 0 Å². The van der Waals surface area contributed by atoms with Crippen molar-refractivity contribution >= 4 is 5.91 Å². The lowest BCUT2D eigenvalue weighted by molar-refractivity contribution is -0.132. The van der Waals surface area contributed by atoms with Crippen molar-refractivity contribution in [2.45, 2.75) is 39.2 Å². The predicted molar refractivity (Wildman–Crippen MR) is 75.3 cm³/mol. The highest BCUT2D eigenvalue weighted by Gasteiger charge is 2.19. The number of hydrogen-bond acceptors (Lipinski definition) is 2. The lowest BCUT2D eigenvalue weighted by atomic mass is 10.1. The van der Waals surface area contributed by atoms with E-state index in [1.807, 2.05) is 35.2 Å². The standard InChI is InChI=1S/C15H24N2O/c1-3-10-17(11-4-2)15(18)14(16)12-13-8-6-5-7-9-13/h5-9,14H,3-4,10-12,16H2,1-2H3/t14-/m0/s1. The normalized spacial score (nSPS) is 12.2. The molecule has 0 radical (unpaired) electrons. The molecule has 100 valence electrons. The minimum absolute atomic E-state index is 0.0718. The summed E-state index contributed by atoms with van der Waals surface area (Å²) in [5, 5.41) is 0. The number of carbonyl (C=O) groups excluding carboxylic acids is 1. The summed E-state index contributed by atoms with van der Waals surface area (Å²) in [6.45, 7) is 5.77. The summed E-state index contributed by atoms with van der Waals surface area (Å²) in [7, 11) is 0. The van der Waals surface area contributed by atoms with Gasteiger partial charge < -0.3 is 10.6 Å². The van der Waals surface area contributed by atoms with Gasteiger partial charge in [0.05, 0.1) is 6.04 Å². The van der Waals surface area contributed by atoms with Crippen LogP contribution in [0.3, 0.4) is 0 Å². The molecule has 3 nitrogen and oxygen atoms in total. The van der Waals surface area contributed by atoms with E-state index in [0.29, 0.717) is 6.42 Å². The zero-order chi connectivity index (χ0) is 13.4. The molecular weight excluding hydrogens is 224 g/mol. The zero-order valence-corrected chi connectivity index (χ0v) is 11.4. The third kappa shape index (κ3) is 4.49. The Balaban J connectivity index is 2.58. The second-order valence-electron chi connectivity index (χ2n) is 4.62. The van der Waals surface area contributed by atoms with Gasteiger partial charge >= 0.3 is 0 Å². The molecule has 0 spiro atoms. The van der Waals surface area contributed by atoms with E-state index in [1.165, 1.54) is 0 Å². The number of hydrogen-bond donors (Lipinski definition) is 1. The first-order chi connectivity index (χ1) is 8.69. The zero-order valence-electron chi connectivity index (χ0n) is 11.4. The van der Waals surface area contributed by atoms with Gasteiger partial charge in [-0.05, 0) is 24.8 Å². The maximum absolute atomic E-state index is 12.2. The first-order valence-electron chi connectivity index (χ1n) is 6.77.